The van der Waals surface area contributed by atoms with E-state index < -0.39 is 0 Å². The van der Waals surface area contributed by atoms with Gasteiger partial charge in [0, 0.05) is 54.9 Å². The van der Waals surface area contributed by atoms with Gasteiger partial charge < -0.3 is 14.1 Å². The smallest absolute Gasteiger partial charge is 0.164 e. The van der Waals surface area contributed by atoms with E-state index in [2.05, 4.69) is 222 Å². The fourth-order valence-electron chi connectivity index (χ4n) is 11.8. The van der Waals surface area contributed by atoms with Gasteiger partial charge in [-0.25, -0.2) is 15.0 Å². The summed E-state index contributed by atoms with van der Waals surface area (Å²) in [7, 11) is 0. The zero-order valence-corrected chi connectivity index (χ0v) is 47.3. The molecule has 0 amide bonds. The van der Waals surface area contributed by atoms with Gasteiger partial charge in [0.15, 0.2) is 17.5 Å². The molecule has 0 saturated carbocycles. The maximum Gasteiger partial charge on any atom is 0.164 e. The number of aromatic nitrogens is 4. The topological polar surface area (TPSA) is 77.0 Å². The quantitative estimate of drug-likeness (QED) is 0.156. The summed E-state index contributed by atoms with van der Waals surface area (Å²) in [5.41, 5.74) is 19.7. The normalized spacial score (nSPS) is 12.0. The van der Waals surface area contributed by atoms with E-state index in [1.165, 1.54) is 11.1 Å². The molecule has 1 N–H and O–H groups in total. The van der Waals surface area contributed by atoms with Crippen LogP contribution in [0, 0.1) is 0 Å². The molecule has 0 saturated heterocycles. The molecule has 0 bridgehead atoms. The first-order valence-corrected chi connectivity index (χ1v) is 28.5. The summed E-state index contributed by atoms with van der Waals surface area (Å²) in [4.78, 5) is 16.1. The van der Waals surface area contributed by atoms with E-state index in [4.69, 9.17) is 19.4 Å². The lowest BCUT2D eigenvalue weighted by atomic mass is 9.84. The van der Waals surface area contributed by atoms with Crippen LogP contribution in [0.4, 0.5) is 0 Å². The number of aromatic hydroxyl groups is 1. The molecule has 400 valence electrons. The average molecular weight is 1070 g/mol. The van der Waals surface area contributed by atoms with Crippen LogP contribution in [-0.2, 0) is 10.8 Å². The van der Waals surface area contributed by atoms with E-state index in [1.54, 1.807) is 6.07 Å². The Morgan fingerprint density at radius 1 is 0.313 bits per heavy atom. The summed E-state index contributed by atoms with van der Waals surface area (Å²) < 4.78 is 8.95. The summed E-state index contributed by atoms with van der Waals surface area (Å²) in [6.45, 7) is 13.6. The van der Waals surface area contributed by atoms with E-state index >= 15 is 0 Å². The van der Waals surface area contributed by atoms with Crippen LogP contribution in [0.25, 0.3) is 139 Å². The number of hydrogen-bond donors (Lipinski definition) is 1. The number of para-hydroxylation sites is 1. The lowest BCUT2D eigenvalue weighted by Gasteiger charge is -2.23. The third kappa shape index (κ3) is 9.42. The second-order valence-corrected chi connectivity index (χ2v) is 23.8. The highest BCUT2D eigenvalue weighted by Crippen LogP contribution is 2.46. The molecule has 0 fully saturated rings. The number of fused-ring (bicyclic) bond motifs is 6. The Bertz CT molecular complexity index is 4600. The molecule has 6 nitrogen and oxygen atoms in total. The standard InChI is InChI=1S/C77H60N4O2/c1-76(2,3)58-34-26-51(27-35-58)63-44-57(75-79-73(55-30-38-60(69(82)46-55)50-22-14-9-15-23-50)78-74(80-75)56-31-39-62-61-24-16-17-25-70(61)83-71(62)47-56)45-64(52-28-36-59(37-29-52)77(4,5)6)72(63)81-67-40-32-53(48-18-10-7-11-19-48)42-65(67)66-43-54(33-41-68(66)81)49-20-12-8-13-21-49/h7-47,82H,1-6H3. The van der Waals surface area contributed by atoms with Crippen molar-refractivity contribution in [1.82, 2.24) is 19.5 Å². The van der Waals surface area contributed by atoms with Gasteiger partial charge in [0.1, 0.15) is 16.9 Å². The number of nitrogens with zero attached hydrogens (tertiary/aromatic N) is 4. The molecule has 14 rings (SSSR count). The van der Waals surface area contributed by atoms with Crippen molar-refractivity contribution in [3.8, 4) is 101 Å². The average Bonchev–Trinajstić information content (AvgIpc) is 2.85. The number of rotatable bonds is 9. The molecule has 0 aliphatic heterocycles. The highest BCUT2D eigenvalue weighted by Gasteiger charge is 2.26. The molecular weight excluding hydrogens is 1010 g/mol. The molecule has 0 unspecified atom stereocenters. The number of phenolic OH excluding ortho intramolecular Hbond substituents is 1. The Labute approximate surface area is 483 Å². The van der Waals surface area contributed by atoms with E-state index in [-0.39, 0.29) is 16.6 Å². The van der Waals surface area contributed by atoms with Crippen molar-refractivity contribution in [2.45, 2.75) is 52.4 Å². The molecule has 14 aromatic rings. The van der Waals surface area contributed by atoms with Gasteiger partial charge >= 0.3 is 0 Å². The van der Waals surface area contributed by atoms with Crippen LogP contribution in [0.2, 0.25) is 0 Å². The minimum atomic E-state index is -0.0697. The van der Waals surface area contributed by atoms with Crippen LogP contribution in [0.3, 0.4) is 0 Å². The van der Waals surface area contributed by atoms with Gasteiger partial charge in [0.25, 0.3) is 0 Å². The fraction of sp³-hybridized carbons (Fsp3) is 0.104. The van der Waals surface area contributed by atoms with Crippen LogP contribution in [-0.4, -0.2) is 24.6 Å². The van der Waals surface area contributed by atoms with Gasteiger partial charge in [-0.05, 0) is 128 Å². The first kappa shape index (κ1) is 51.0. The molecule has 3 aromatic heterocycles. The number of hydrogen-bond acceptors (Lipinski definition) is 5. The summed E-state index contributed by atoms with van der Waals surface area (Å²) in [5.74, 6) is 1.51. The number of benzene rings is 11. The zero-order chi connectivity index (χ0) is 56.6. The third-order valence-electron chi connectivity index (χ3n) is 16.3. The molecule has 0 aliphatic carbocycles. The van der Waals surface area contributed by atoms with Crippen LogP contribution in [0.5, 0.6) is 5.75 Å². The Balaban J connectivity index is 1.07. The van der Waals surface area contributed by atoms with Crippen LogP contribution in [0.15, 0.2) is 253 Å². The van der Waals surface area contributed by atoms with Crippen molar-refractivity contribution < 1.29 is 9.52 Å². The van der Waals surface area contributed by atoms with Crippen LogP contribution < -0.4 is 0 Å². The van der Waals surface area contributed by atoms with Gasteiger partial charge in [-0.2, -0.15) is 0 Å². The minimum absolute atomic E-state index is 0.0697. The van der Waals surface area contributed by atoms with E-state index in [9.17, 15) is 5.11 Å². The molecule has 6 heteroatoms. The van der Waals surface area contributed by atoms with Crippen molar-refractivity contribution in [3.63, 3.8) is 0 Å². The Morgan fingerprint density at radius 3 is 1.23 bits per heavy atom. The fourth-order valence-corrected chi connectivity index (χ4v) is 11.8. The third-order valence-corrected chi connectivity index (χ3v) is 16.3. The molecule has 0 atom stereocenters. The molecule has 0 aliphatic rings. The largest absolute Gasteiger partial charge is 0.507 e. The summed E-state index contributed by atoms with van der Waals surface area (Å²) in [6, 6.07) is 87.7. The molecule has 11 aromatic carbocycles. The summed E-state index contributed by atoms with van der Waals surface area (Å²) in [5, 5.41) is 16.1. The Hall–Kier alpha value is -10.2. The van der Waals surface area contributed by atoms with E-state index in [0.29, 0.717) is 23.0 Å². The van der Waals surface area contributed by atoms with Crippen molar-refractivity contribution >= 4 is 43.7 Å². The van der Waals surface area contributed by atoms with Crippen molar-refractivity contribution in [1.29, 1.82) is 0 Å². The highest BCUT2D eigenvalue weighted by molar-refractivity contribution is 6.13. The zero-order valence-electron chi connectivity index (χ0n) is 47.3. The first-order chi connectivity index (χ1) is 40.3. The van der Waals surface area contributed by atoms with Crippen molar-refractivity contribution in [2.75, 3.05) is 0 Å². The van der Waals surface area contributed by atoms with Gasteiger partial charge in [-0.3, -0.25) is 0 Å². The highest BCUT2D eigenvalue weighted by atomic mass is 16.3. The number of furan rings is 1. The van der Waals surface area contributed by atoms with Gasteiger partial charge in [0.05, 0.1) is 16.7 Å². The lowest BCUT2D eigenvalue weighted by Crippen LogP contribution is -2.11. The molecule has 83 heavy (non-hydrogen) atoms. The van der Waals surface area contributed by atoms with Gasteiger partial charge in [-0.15, -0.1) is 0 Å². The Morgan fingerprint density at radius 2 is 0.723 bits per heavy atom. The second kappa shape index (κ2) is 20.1. The van der Waals surface area contributed by atoms with Gasteiger partial charge in [0.2, 0.25) is 0 Å². The van der Waals surface area contributed by atoms with Crippen molar-refractivity contribution in [3.05, 3.63) is 260 Å². The second-order valence-electron chi connectivity index (χ2n) is 23.8. The summed E-state index contributed by atoms with van der Waals surface area (Å²) in [6.07, 6.45) is 0. The maximum absolute atomic E-state index is 11.8. The van der Waals surface area contributed by atoms with E-state index in [1.807, 2.05) is 66.7 Å². The predicted octanol–water partition coefficient (Wildman–Crippen LogP) is 20.5. The monoisotopic (exact) mass is 1070 g/mol. The number of phenols is 1. The molecule has 3 heterocycles. The lowest BCUT2D eigenvalue weighted by molar-refractivity contribution is 0.477. The van der Waals surface area contributed by atoms with Crippen molar-refractivity contribution in [2.24, 2.45) is 0 Å². The maximum atomic E-state index is 11.8. The van der Waals surface area contributed by atoms with Gasteiger partial charge in [-0.1, -0.05) is 224 Å². The SMILES string of the molecule is CC(C)(C)c1ccc(-c2cc(-c3nc(-c4ccc(-c5ccccc5)c(O)c4)nc(-c4ccc5c(c4)oc4ccccc45)n3)cc(-c3ccc(C(C)(C)C)cc3)c2-n2c3ccc(-c4ccccc4)cc3c3cc(-c4ccccc4)ccc32)cc1. The summed E-state index contributed by atoms with van der Waals surface area (Å²) >= 11 is 0. The van der Waals surface area contributed by atoms with E-state index in [0.717, 1.165) is 116 Å². The minimum Gasteiger partial charge on any atom is -0.507 e. The first-order valence-electron chi connectivity index (χ1n) is 28.5. The predicted molar refractivity (Wildman–Crippen MR) is 344 cm³/mol. The molecular formula is C77H60N4O2. The molecule has 0 spiro atoms. The Kier molecular flexibility index (Phi) is 12.4. The van der Waals surface area contributed by atoms with Crippen LogP contribution in [0.1, 0.15) is 52.7 Å². The molecule has 0 radical (unpaired) electrons. The van der Waals surface area contributed by atoms with Crippen LogP contribution >= 0.6 is 0 Å².